The zero-order valence-electron chi connectivity index (χ0n) is 13.2. The molecule has 0 spiro atoms. The largest absolute Gasteiger partial charge is 0.452 e. The summed E-state index contributed by atoms with van der Waals surface area (Å²) in [6.45, 7) is 2.49. The molecule has 126 valence electrons. The first-order valence-corrected chi connectivity index (χ1v) is 7.17. The Kier molecular flexibility index (Phi) is 5.47. The van der Waals surface area contributed by atoms with E-state index in [1.807, 2.05) is 0 Å². The number of carbonyl (C=O) groups excluding carboxylic acids is 2. The summed E-state index contributed by atoms with van der Waals surface area (Å²) in [5.74, 6) is -1.65. The van der Waals surface area contributed by atoms with E-state index in [1.54, 1.807) is 25.1 Å². The predicted octanol–water partition coefficient (Wildman–Crippen LogP) is 1.87. The second-order valence-corrected chi connectivity index (χ2v) is 5.12. The molecule has 2 aromatic rings. The standard InChI is InChI=1S/C17H16FNO5/c1-10-7-15(21)24-11(2)16(10)17(22)23-9-14(20)19-8-12-5-3-4-6-13(12)18/h3-7H,8-9H2,1-2H3,(H,19,20). The van der Waals surface area contributed by atoms with Crippen molar-refractivity contribution in [2.45, 2.75) is 20.4 Å². The van der Waals surface area contributed by atoms with Crippen LogP contribution >= 0.6 is 0 Å². The van der Waals surface area contributed by atoms with Crippen molar-refractivity contribution in [3.05, 3.63) is 69.0 Å². The first-order valence-electron chi connectivity index (χ1n) is 7.17. The van der Waals surface area contributed by atoms with E-state index in [1.165, 1.54) is 19.1 Å². The van der Waals surface area contributed by atoms with Crippen molar-refractivity contribution in [1.82, 2.24) is 5.32 Å². The molecule has 0 unspecified atom stereocenters. The van der Waals surface area contributed by atoms with Gasteiger partial charge in [-0.25, -0.2) is 14.0 Å². The van der Waals surface area contributed by atoms with E-state index in [0.29, 0.717) is 11.1 Å². The van der Waals surface area contributed by atoms with Gasteiger partial charge in [-0.1, -0.05) is 18.2 Å². The maximum absolute atomic E-state index is 13.4. The van der Waals surface area contributed by atoms with Gasteiger partial charge < -0.3 is 14.5 Å². The first-order chi connectivity index (χ1) is 11.4. The maximum Gasteiger partial charge on any atom is 0.342 e. The van der Waals surface area contributed by atoms with E-state index in [9.17, 15) is 18.8 Å². The fourth-order valence-corrected chi connectivity index (χ4v) is 2.15. The fourth-order valence-electron chi connectivity index (χ4n) is 2.15. The molecule has 0 aliphatic carbocycles. The molecule has 0 atom stereocenters. The highest BCUT2D eigenvalue weighted by Gasteiger charge is 2.18. The summed E-state index contributed by atoms with van der Waals surface area (Å²) in [6, 6.07) is 7.20. The van der Waals surface area contributed by atoms with Crippen molar-refractivity contribution in [2.24, 2.45) is 0 Å². The van der Waals surface area contributed by atoms with Crippen molar-refractivity contribution in [2.75, 3.05) is 6.61 Å². The van der Waals surface area contributed by atoms with Crippen LogP contribution in [0.5, 0.6) is 0 Å². The van der Waals surface area contributed by atoms with Crippen LogP contribution in [-0.4, -0.2) is 18.5 Å². The molecule has 6 nitrogen and oxygen atoms in total. The van der Waals surface area contributed by atoms with Gasteiger partial charge in [0.2, 0.25) is 0 Å². The minimum absolute atomic E-state index is 0.0126. The third-order valence-electron chi connectivity index (χ3n) is 3.31. The Hall–Kier alpha value is -2.96. The lowest BCUT2D eigenvalue weighted by Crippen LogP contribution is -2.29. The Labute approximate surface area is 137 Å². The van der Waals surface area contributed by atoms with Gasteiger partial charge in [0, 0.05) is 18.2 Å². The molecular formula is C17H16FNO5. The van der Waals surface area contributed by atoms with Gasteiger partial charge in [0.25, 0.3) is 5.91 Å². The van der Waals surface area contributed by atoms with E-state index in [0.717, 1.165) is 0 Å². The van der Waals surface area contributed by atoms with Crippen LogP contribution in [0.2, 0.25) is 0 Å². The zero-order valence-corrected chi connectivity index (χ0v) is 13.2. The molecule has 24 heavy (non-hydrogen) atoms. The molecular weight excluding hydrogens is 317 g/mol. The fraction of sp³-hybridized carbons (Fsp3) is 0.235. The van der Waals surface area contributed by atoms with Gasteiger partial charge in [0.15, 0.2) is 6.61 Å². The molecule has 0 bridgehead atoms. The molecule has 0 aliphatic rings. The average Bonchev–Trinajstić information content (AvgIpc) is 2.51. The number of halogens is 1. The molecule has 0 radical (unpaired) electrons. The number of hydrogen-bond donors (Lipinski definition) is 1. The van der Waals surface area contributed by atoms with Crippen LogP contribution < -0.4 is 10.9 Å². The number of benzene rings is 1. The average molecular weight is 333 g/mol. The van der Waals surface area contributed by atoms with Gasteiger partial charge in [-0.2, -0.15) is 0 Å². The normalized spacial score (nSPS) is 10.3. The second kappa shape index (κ2) is 7.54. The number of hydrogen-bond acceptors (Lipinski definition) is 5. The number of nitrogens with one attached hydrogen (secondary N) is 1. The highest BCUT2D eigenvalue weighted by atomic mass is 19.1. The van der Waals surface area contributed by atoms with Gasteiger partial charge in [-0.3, -0.25) is 4.79 Å². The van der Waals surface area contributed by atoms with Gasteiger partial charge in [0.05, 0.1) is 0 Å². The number of rotatable bonds is 5. The predicted molar refractivity (Wildman–Crippen MR) is 83.0 cm³/mol. The van der Waals surface area contributed by atoms with E-state index >= 15 is 0 Å². The number of carbonyl (C=O) groups is 2. The van der Waals surface area contributed by atoms with Crippen LogP contribution in [0, 0.1) is 19.7 Å². The van der Waals surface area contributed by atoms with E-state index in [-0.39, 0.29) is 17.9 Å². The van der Waals surface area contributed by atoms with Gasteiger partial charge in [0.1, 0.15) is 17.1 Å². The third kappa shape index (κ3) is 4.28. The van der Waals surface area contributed by atoms with Gasteiger partial charge in [-0.05, 0) is 25.5 Å². The van der Waals surface area contributed by atoms with Crippen molar-refractivity contribution in [3.63, 3.8) is 0 Å². The molecule has 1 N–H and O–H groups in total. The highest BCUT2D eigenvalue weighted by Crippen LogP contribution is 2.12. The number of ether oxygens (including phenoxy) is 1. The summed E-state index contributed by atoms with van der Waals surface area (Å²) in [5.41, 5.74) is 0.273. The quantitative estimate of drug-likeness (QED) is 0.844. The van der Waals surface area contributed by atoms with Crippen LogP contribution in [0.1, 0.15) is 27.2 Å². The molecule has 0 saturated heterocycles. The summed E-state index contributed by atoms with van der Waals surface area (Å²) in [6.07, 6.45) is 0. The Balaban J connectivity index is 1.91. The Bertz CT molecular complexity index is 802. The SMILES string of the molecule is Cc1cc(=O)oc(C)c1C(=O)OCC(=O)NCc1ccccc1F. The molecule has 2 rings (SSSR count). The Morgan fingerprint density at radius 1 is 1.25 bits per heavy atom. The second-order valence-electron chi connectivity index (χ2n) is 5.12. The number of amides is 1. The molecule has 0 fully saturated rings. The summed E-state index contributed by atoms with van der Waals surface area (Å²) in [5, 5.41) is 2.46. The van der Waals surface area contributed by atoms with Crippen molar-refractivity contribution >= 4 is 11.9 Å². The number of aryl methyl sites for hydroxylation is 2. The van der Waals surface area contributed by atoms with Crippen molar-refractivity contribution in [1.29, 1.82) is 0 Å². The van der Waals surface area contributed by atoms with Crippen LogP contribution in [0.3, 0.4) is 0 Å². The Morgan fingerprint density at radius 2 is 1.96 bits per heavy atom. The van der Waals surface area contributed by atoms with E-state index < -0.39 is 29.9 Å². The topological polar surface area (TPSA) is 85.6 Å². The lowest BCUT2D eigenvalue weighted by molar-refractivity contribution is -0.124. The molecule has 1 amide bonds. The lowest BCUT2D eigenvalue weighted by atomic mass is 10.1. The zero-order chi connectivity index (χ0) is 17.7. The van der Waals surface area contributed by atoms with Crippen LogP contribution in [-0.2, 0) is 16.1 Å². The summed E-state index contributed by atoms with van der Waals surface area (Å²) >= 11 is 0. The van der Waals surface area contributed by atoms with Crippen molar-refractivity contribution in [3.8, 4) is 0 Å². The Morgan fingerprint density at radius 3 is 2.62 bits per heavy atom. The third-order valence-corrected chi connectivity index (χ3v) is 3.31. The van der Waals surface area contributed by atoms with Gasteiger partial charge >= 0.3 is 11.6 Å². The van der Waals surface area contributed by atoms with E-state index in [4.69, 9.17) is 9.15 Å². The minimum atomic E-state index is -0.769. The van der Waals surface area contributed by atoms with Crippen LogP contribution in [0.15, 0.2) is 39.5 Å². The lowest BCUT2D eigenvalue weighted by Gasteiger charge is -2.09. The number of esters is 1. The molecule has 0 saturated carbocycles. The molecule has 1 heterocycles. The van der Waals surface area contributed by atoms with Gasteiger partial charge in [-0.15, -0.1) is 0 Å². The van der Waals surface area contributed by atoms with Crippen molar-refractivity contribution < 1.29 is 23.1 Å². The summed E-state index contributed by atoms with van der Waals surface area (Å²) < 4.78 is 23.2. The monoisotopic (exact) mass is 333 g/mol. The summed E-state index contributed by atoms with van der Waals surface area (Å²) in [4.78, 5) is 34.9. The highest BCUT2D eigenvalue weighted by molar-refractivity contribution is 5.93. The van der Waals surface area contributed by atoms with E-state index in [2.05, 4.69) is 5.32 Å². The molecule has 1 aromatic heterocycles. The maximum atomic E-state index is 13.4. The molecule has 0 aliphatic heterocycles. The molecule has 7 heteroatoms. The first kappa shape index (κ1) is 17.4. The van der Waals surface area contributed by atoms with Crippen LogP contribution in [0.4, 0.5) is 4.39 Å². The van der Waals surface area contributed by atoms with Crippen LogP contribution in [0.25, 0.3) is 0 Å². The summed E-state index contributed by atoms with van der Waals surface area (Å²) in [7, 11) is 0. The smallest absolute Gasteiger partial charge is 0.342 e. The minimum Gasteiger partial charge on any atom is -0.452 e. The molecule has 1 aromatic carbocycles.